The van der Waals surface area contributed by atoms with Crippen LogP contribution in [0.3, 0.4) is 0 Å². The van der Waals surface area contributed by atoms with Gasteiger partial charge in [0.1, 0.15) is 17.3 Å². The number of phenols is 2. The summed E-state index contributed by atoms with van der Waals surface area (Å²) in [5.74, 6) is 0.507. The quantitative estimate of drug-likeness (QED) is 0.463. The molecule has 154 valence electrons. The molecule has 0 radical (unpaired) electrons. The van der Waals surface area contributed by atoms with Gasteiger partial charge in [0.25, 0.3) is 0 Å². The van der Waals surface area contributed by atoms with Crippen molar-refractivity contribution in [3.63, 3.8) is 0 Å². The lowest BCUT2D eigenvalue weighted by Crippen LogP contribution is -2.41. The summed E-state index contributed by atoms with van der Waals surface area (Å²) in [6.45, 7) is 10.1. The van der Waals surface area contributed by atoms with Gasteiger partial charge in [-0.1, -0.05) is 44.0 Å². The number of phenolic OH excluding ortho intramolecular Hbond substituents is 2. The Balaban J connectivity index is 2.17. The molecule has 1 aromatic rings. The van der Waals surface area contributed by atoms with Crippen molar-refractivity contribution >= 4 is 23.7 Å². The molecule has 1 saturated carbocycles. The molecule has 0 bridgehead atoms. The molecule has 2 N–H and O–H groups in total. The van der Waals surface area contributed by atoms with Crippen molar-refractivity contribution in [3.8, 4) is 11.5 Å². The fraction of sp³-hybridized carbons (Fsp3) is 0.565. The molecule has 3 atom stereocenters. The van der Waals surface area contributed by atoms with Crippen molar-refractivity contribution in [1.82, 2.24) is 0 Å². The molecule has 1 aromatic carbocycles. The summed E-state index contributed by atoms with van der Waals surface area (Å²) < 4.78 is 0. The van der Waals surface area contributed by atoms with Crippen LogP contribution in [0.25, 0.3) is 0 Å². The number of allylic oxidation sites excluding steroid dienone is 2. The summed E-state index contributed by atoms with van der Waals surface area (Å²) in [5.41, 5.74) is 1.83. The Labute approximate surface area is 172 Å². The van der Waals surface area contributed by atoms with Gasteiger partial charge in [0, 0.05) is 17.9 Å². The zero-order valence-electron chi connectivity index (χ0n) is 17.4. The lowest BCUT2D eigenvalue weighted by molar-refractivity contribution is -0.132. The lowest BCUT2D eigenvalue weighted by atomic mass is 9.59. The van der Waals surface area contributed by atoms with Gasteiger partial charge in [-0.05, 0) is 56.4 Å². The van der Waals surface area contributed by atoms with Gasteiger partial charge in [0.2, 0.25) is 0 Å². The predicted molar refractivity (Wildman–Crippen MR) is 112 cm³/mol. The normalized spacial score (nSPS) is 25.8. The molecule has 1 aliphatic carbocycles. The molecule has 0 heterocycles. The maximum atomic E-state index is 12.2. The number of aromatic hydroxyl groups is 2. The molecule has 0 aliphatic heterocycles. The molecule has 1 aliphatic rings. The third-order valence-electron chi connectivity index (χ3n) is 7.02. The number of carbonyl (C=O) groups is 2. The number of hydrogen-bond acceptors (Lipinski definition) is 4. The van der Waals surface area contributed by atoms with Crippen LogP contribution in [0, 0.1) is 24.2 Å². The number of carbonyl (C=O) groups excluding carboxylic acids is 2. The molecule has 4 nitrogen and oxygen atoms in total. The fourth-order valence-corrected chi connectivity index (χ4v) is 4.44. The highest BCUT2D eigenvalue weighted by molar-refractivity contribution is 6.33. The van der Waals surface area contributed by atoms with Crippen LogP contribution in [0.1, 0.15) is 74.9 Å². The Morgan fingerprint density at radius 1 is 1.29 bits per heavy atom. The van der Waals surface area contributed by atoms with E-state index in [0.29, 0.717) is 30.0 Å². The molecular formula is C23H31ClO4. The molecule has 28 heavy (non-hydrogen) atoms. The van der Waals surface area contributed by atoms with Crippen molar-refractivity contribution in [2.75, 3.05) is 0 Å². The molecular weight excluding hydrogens is 376 g/mol. The van der Waals surface area contributed by atoms with E-state index in [-0.39, 0.29) is 45.4 Å². The SMILES string of the molecule is C/C(=C\Cc1c(O)c(Cl)c(C)c(C=O)c1O)CCC1(C)C(C)CCC(=O)C1C. The minimum atomic E-state index is -0.217. The number of rotatable bonds is 6. The van der Waals surface area contributed by atoms with Crippen molar-refractivity contribution < 1.29 is 19.8 Å². The van der Waals surface area contributed by atoms with Crippen molar-refractivity contribution in [2.24, 2.45) is 17.3 Å². The van der Waals surface area contributed by atoms with Crippen LogP contribution in [0.2, 0.25) is 5.02 Å². The first-order chi connectivity index (χ1) is 13.0. The van der Waals surface area contributed by atoms with Crippen LogP contribution in [-0.4, -0.2) is 22.3 Å². The smallest absolute Gasteiger partial charge is 0.154 e. The molecule has 5 heteroatoms. The lowest BCUT2D eigenvalue weighted by Gasteiger charge is -2.44. The van der Waals surface area contributed by atoms with Crippen LogP contribution in [0.5, 0.6) is 11.5 Å². The van der Waals surface area contributed by atoms with Crippen LogP contribution >= 0.6 is 11.6 Å². The average molecular weight is 407 g/mol. The van der Waals surface area contributed by atoms with Gasteiger partial charge in [-0.3, -0.25) is 9.59 Å². The average Bonchev–Trinajstić information content (AvgIpc) is 2.66. The zero-order chi connectivity index (χ0) is 21.2. The second-order valence-electron chi connectivity index (χ2n) is 8.53. The maximum absolute atomic E-state index is 12.2. The van der Waals surface area contributed by atoms with E-state index in [2.05, 4.69) is 13.8 Å². The monoisotopic (exact) mass is 406 g/mol. The van der Waals surface area contributed by atoms with E-state index < -0.39 is 0 Å². The first-order valence-corrected chi connectivity index (χ1v) is 10.3. The van der Waals surface area contributed by atoms with Crippen molar-refractivity contribution in [1.29, 1.82) is 0 Å². The van der Waals surface area contributed by atoms with Gasteiger partial charge in [0.15, 0.2) is 6.29 Å². The number of benzene rings is 1. The molecule has 0 aromatic heterocycles. The number of hydrogen-bond donors (Lipinski definition) is 2. The van der Waals surface area contributed by atoms with Crippen LogP contribution < -0.4 is 0 Å². The number of halogens is 1. The summed E-state index contributed by atoms with van der Waals surface area (Å²) in [6, 6.07) is 0. The van der Waals surface area contributed by atoms with E-state index in [0.717, 1.165) is 24.8 Å². The van der Waals surface area contributed by atoms with Crippen LogP contribution in [-0.2, 0) is 11.2 Å². The van der Waals surface area contributed by atoms with Crippen molar-refractivity contribution in [3.05, 3.63) is 33.4 Å². The minimum absolute atomic E-state index is 0.0213. The van der Waals surface area contributed by atoms with Gasteiger partial charge in [-0.15, -0.1) is 0 Å². The van der Waals surface area contributed by atoms with E-state index in [4.69, 9.17) is 11.6 Å². The van der Waals surface area contributed by atoms with Gasteiger partial charge in [-0.25, -0.2) is 0 Å². The fourth-order valence-electron chi connectivity index (χ4n) is 4.23. The van der Waals surface area contributed by atoms with Gasteiger partial charge >= 0.3 is 0 Å². The Morgan fingerprint density at radius 3 is 2.54 bits per heavy atom. The number of Topliss-reactive ketones (excluding diaryl/α,β-unsaturated/α-hetero) is 1. The first-order valence-electron chi connectivity index (χ1n) is 9.90. The van der Waals surface area contributed by atoms with Gasteiger partial charge in [-0.2, -0.15) is 0 Å². The Morgan fingerprint density at radius 2 is 1.93 bits per heavy atom. The second-order valence-corrected chi connectivity index (χ2v) is 8.91. The number of aldehydes is 1. The molecule has 1 fully saturated rings. The van der Waals surface area contributed by atoms with E-state index >= 15 is 0 Å². The van der Waals surface area contributed by atoms with E-state index in [9.17, 15) is 19.8 Å². The molecule has 3 unspecified atom stereocenters. The summed E-state index contributed by atoms with van der Waals surface area (Å²) in [4.78, 5) is 23.5. The Bertz CT molecular complexity index is 812. The molecule has 0 saturated heterocycles. The summed E-state index contributed by atoms with van der Waals surface area (Å²) >= 11 is 6.11. The second kappa shape index (κ2) is 8.69. The maximum Gasteiger partial charge on any atom is 0.154 e. The van der Waals surface area contributed by atoms with E-state index in [1.165, 1.54) is 0 Å². The first kappa shape index (κ1) is 22.5. The Kier molecular flexibility index (Phi) is 6.97. The Hall–Kier alpha value is -1.81. The third kappa shape index (κ3) is 4.12. The highest BCUT2D eigenvalue weighted by atomic mass is 35.5. The van der Waals surface area contributed by atoms with Crippen molar-refractivity contribution in [2.45, 2.75) is 66.7 Å². The molecule has 2 rings (SSSR count). The molecule has 0 spiro atoms. The zero-order valence-corrected chi connectivity index (χ0v) is 18.2. The predicted octanol–water partition coefficient (Wildman–Crippen LogP) is 5.78. The van der Waals surface area contributed by atoms with E-state index in [1.807, 2.05) is 19.9 Å². The molecule has 0 amide bonds. The van der Waals surface area contributed by atoms with Gasteiger partial charge in [0.05, 0.1) is 10.6 Å². The van der Waals surface area contributed by atoms with E-state index in [1.54, 1.807) is 6.92 Å². The highest BCUT2D eigenvalue weighted by Gasteiger charge is 2.42. The third-order valence-corrected chi connectivity index (χ3v) is 7.48. The summed E-state index contributed by atoms with van der Waals surface area (Å²) in [5, 5.41) is 20.7. The van der Waals surface area contributed by atoms with Gasteiger partial charge < -0.3 is 10.2 Å². The summed E-state index contributed by atoms with van der Waals surface area (Å²) in [6.07, 6.45) is 6.15. The topological polar surface area (TPSA) is 74.6 Å². The number of ketones is 1. The van der Waals surface area contributed by atoms with Crippen LogP contribution in [0.15, 0.2) is 11.6 Å². The largest absolute Gasteiger partial charge is 0.507 e. The highest BCUT2D eigenvalue weighted by Crippen LogP contribution is 2.47. The summed E-state index contributed by atoms with van der Waals surface area (Å²) in [7, 11) is 0. The standard InChI is InChI=1S/C23H31ClO4/c1-13(10-11-23(5)14(2)7-9-19(26)16(23)4)6-8-17-21(27)18(12-25)15(3)20(24)22(17)28/h6,12,14,16,27-28H,7-11H2,1-5H3/b13-6+. The minimum Gasteiger partial charge on any atom is -0.507 e. The van der Waals surface area contributed by atoms with Crippen LogP contribution in [0.4, 0.5) is 0 Å².